The van der Waals surface area contributed by atoms with Gasteiger partial charge in [-0.2, -0.15) is 0 Å². The molecule has 1 heterocycles. The number of halogens is 1. The Labute approximate surface area is 92.2 Å². The molecule has 1 aromatic rings. The smallest absolute Gasteiger partial charge is 0.337 e. The monoisotopic (exact) mass is 227 g/mol. The zero-order valence-electron chi connectivity index (χ0n) is 8.41. The number of carbonyl (C=O) groups excluding carboxylic acids is 2. The van der Waals surface area contributed by atoms with E-state index in [4.69, 9.17) is 11.6 Å². The summed E-state index contributed by atoms with van der Waals surface area (Å²) >= 11 is 5.60. The van der Waals surface area contributed by atoms with Gasteiger partial charge in [0.2, 0.25) is 0 Å². The Balaban J connectivity index is 3.23. The first-order valence-corrected chi connectivity index (χ1v) is 4.78. The Kier molecular flexibility index (Phi) is 3.80. The zero-order valence-corrected chi connectivity index (χ0v) is 9.17. The molecule has 1 rings (SSSR count). The Bertz CT molecular complexity index is 404. The number of methoxy groups -OCH3 is 1. The minimum atomic E-state index is -0.508. The number of Topliss-reactive ketones (excluding diaryl/α,β-unsaturated/α-hetero) is 1. The number of carbonyl (C=O) groups is 2. The average Bonchev–Trinajstić information content (AvgIpc) is 2.27. The van der Waals surface area contributed by atoms with Crippen LogP contribution >= 0.6 is 11.6 Å². The van der Waals surface area contributed by atoms with Crippen molar-refractivity contribution < 1.29 is 14.3 Å². The van der Waals surface area contributed by atoms with Crippen LogP contribution in [0.3, 0.4) is 0 Å². The molecule has 0 bridgehead atoms. The van der Waals surface area contributed by atoms with E-state index in [1.54, 1.807) is 0 Å². The first kappa shape index (κ1) is 11.7. The van der Waals surface area contributed by atoms with Gasteiger partial charge in [0.1, 0.15) is 5.69 Å². The molecule has 0 N–H and O–H groups in total. The average molecular weight is 228 g/mol. The molecule has 0 saturated heterocycles. The van der Waals surface area contributed by atoms with E-state index in [1.807, 2.05) is 0 Å². The second-order valence-electron chi connectivity index (χ2n) is 2.91. The SMILES string of the molecule is COC(=O)c1cc(CCl)nc(C(C)=O)c1. The van der Waals surface area contributed by atoms with Gasteiger partial charge >= 0.3 is 5.97 Å². The quantitative estimate of drug-likeness (QED) is 0.449. The van der Waals surface area contributed by atoms with Crippen LogP contribution < -0.4 is 0 Å². The molecule has 15 heavy (non-hydrogen) atoms. The molecule has 0 aliphatic rings. The van der Waals surface area contributed by atoms with Crippen LogP contribution in [0.5, 0.6) is 0 Å². The maximum atomic E-state index is 11.3. The van der Waals surface area contributed by atoms with Crippen molar-refractivity contribution in [2.45, 2.75) is 12.8 Å². The highest BCUT2D eigenvalue weighted by Crippen LogP contribution is 2.10. The molecule has 0 aromatic carbocycles. The van der Waals surface area contributed by atoms with Gasteiger partial charge in [0.25, 0.3) is 0 Å². The number of alkyl halides is 1. The fourth-order valence-electron chi connectivity index (χ4n) is 1.07. The minimum absolute atomic E-state index is 0.144. The van der Waals surface area contributed by atoms with E-state index in [1.165, 1.54) is 26.2 Å². The van der Waals surface area contributed by atoms with E-state index >= 15 is 0 Å². The fraction of sp³-hybridized carbons (Fsp3) is 0.300. The molecule has 0 amide bonds. The predicted molar refractivity (Wildman–Crippen MR) is 55.1 cm³/mol. The van der Waals surface area contributed by atoms with Crippen LogP contribution in [0.25, 0.3) is 0 Å². The van der Waals surface area contributed by atoms with Gasteiger partial charge in [0.15, 0.2) is 5.78 Å². The largest absolute Gasteiger partial charge is 0.465 e. The van der Waals surface area contributed by atoms with Crippen molar-refractivity contribution in [1.29, 1.82) is 0 Å². The third-order valence-corrected chi connectivity index (χ3v) is 2.07. The van der Waals surface area contributed by atoms with Gasteiger partial charge in [-0.1, -0.05) is 0 Å². The van der Waals surface area contributed by atoms with Crippen LogP contribution in [0.1, 0.15) is 33.5 Å². The van der Waals surface area contributed by atoms with Crippen molar-refractivity contribution in [2.75, 3.05) is 7.11 Å². The number of esters is 1. The fourth-order valence-corrected chi connectivity index (χ4v) is 1.21. The summed E-state index contributed by atoms with van der Waals surface area (Å²) in [4.78, 5) is 26.3. The third kappa shape index (κ3) is 2.76. The van der Waals surface area contributed by atoms with Crippen molar-refractivity contribution >= 4 is 23.4 Å². The number of hydrogen-bond acceptors (Lipinski definition) is 4. The molecular weight excluding hydrogens is 218 g/mol. The van der Waals surface area contributed by atoms with Gasteiger partial charge in [-0.3, -0.25) is 4.79 Å². The molecule has 80 valence electrons. The maximum absolute atomic E-state index is 11.3. The van der Waals surface area contributed by atoms with Crippen molar-refractivity contribution in [3.05, 3.63) is 29.1 Å². The van der Waals surface area contributed by atoms with Crippen LogP contribution in [-0.4, -0.2) is 23.8 Å². The van der Waals surface area contributed by atoms with Crippen molar-refractivity contribution in [1.82, 2.24) is 4.98 Å². The van der Waals surface area contributed by atoms with Crippen LogP contribution in [0, 0.1) is 0 Å². The van der Waals surface area contributed by atoms with E-state index in [-0.39, 0.29) is 22.9 Å². The zero-order chi connectivity index (χ0) is 11.4. The van der Waals surface area contributed by atoms with E-state index in [2.05, 4.69) is 9.72 Å². The standard InChI is InChI=1S/C10H10ClNO3/c1-6(13)9-4-7(10(14)15-2)3-8(5-11)12-9/h3-4H,5H2,1-2H3. The number of nitrogens with zero attached hydrogens (tertiary/aromatic N) is 1. The Morgan fingerprint density at radius 2 is 2.13 bits per heavy atom. The maximum Gasteiger partial charge on any atom is 0.337 e. The van der Waals surface area contributed by atoms with E-state index < -0.39 is 5.97 Å². The van der Waals surface area contributed by atoms with Gasteiger partial charge in [-0.15, -0.1) is 11.6 Å². The molecule has 4 nitrogen and oxygen atoms in total. The Morgan fingerprint density at radius 3 is 2.60 bits per heavy atom. The topological polar surface area (TPSA) is 56.3 Å². The first-order chi connectivity index (χ1) is 7.08. The summed E-state index contributed by atoms with van der Waals surface area (Å²) in [5, 5.41) is 0. The molecule has 0 aliphatic carbocycles. The summed E-state index contributed by atoms with van der Waals surface area (Å²) in [6.45, 7) is 1.38. The van der Waals surface area contributed by atoms with E-state index in [9.17, 15) is 9.59 Å². The second kappa shape index (κ2) is 4.89. The number of ketones is 1. The highest BCUT2D eigenvalue weighted by Gasteiger charge is 2.11. The molecule has 0 fully saturated rings. The highest BCUT2D eigenvalue weighted by atomic mass is 35.5. The minimum Gasteiger partial charge on any atom is -0.465 e. The van der Waals surface area contributed by atoms with Gasteiger partial charge < -0.3 is 4.74 Å². The van der Waals surface area contributed by atoms with Crippen LogP contribution in [0.2, 0.25) is 0 Å². The Morgan fingerprint density at radius 1 is 1.47 bits per heavy atom. The van der Waals surface area contributed by atoms with E-state index in [0.29, 0.717) is 5.69 Å². The lowest BCUT2D eigenvalue weighted by molar-refractivity contribution is 0.0600. The molecular formula is C10H10ClNO3. The predicted octanol–water partition coefficient (Wildman–Crippen LogP) is 1.81. The Hall–Kier alpha value is -1.42. The normalized spacial score (nSPS) is 9.80. The molecule has 0 unspecified atom stereocenters. The number of hydrogen-bond donors (Lipinski definition) is 0. The summed E-state index contributed by atoms with van der Waals surface area (Å²) < 4.78 is 4.55. The highest BCUT2D eigenvalue weighted by molar-refractivity contribution is 6.17. The lowest BCUT2D eigenvalue weighted by Gasteiger charge is -2.03. The van der Waals surface area contributed by atoms with Crippen molar-refractivity contribution in [3.63, 3.8) is 0 Å². The van der Waals surface area contributed by atoms with Gasteiger partial charge in [-0.05, 0) is 12.1 Å². The molecule has 0 atom stereocenters. The van der Waals surface area contributed by atoms with Gasteiger partial charge in [0.05, 0.1) is 24.2 Å². The molecule has 1 aromatic heterocycles. The van der Waals surface area contributed by atoms with Crippen LogP contribution in [-0.2, 0) is 10.6 Å². The second-order valence-corrected chi connectivity index (χ2v) is 3.18. The summed E-state index contributed by atoms with van der Waals surface area (Å²) in [7, 11) is 1.27. The summed E-state index contributed by atoms with van der Waals surface area (Å²) in [5.41, 5.74) is 0.978. The van der Waals surface area contributed by atoms with Crippen LogP contribution in [0.4, 0.5) is 0 Å². The summed E-state index contributed by atoms with van der Waals surface area (Å²) in [6, 6.07) is 2.90. The van der Waals surface area contributed by atoms with Gasteiger partial charge in [-0.25, -0.2) is 9.78 Å². The number of ether oxygens (including phenoxy) is 1. The summed E-state index contributed by atoms with van der Waals surface area (Å²) in [6.07, 6.45) is 0. The van der Waals surface area contributed by atoms with E-state index in [0.717, 1.165) is 0 Å². The van der Waals surface area contributed by atoms with Crippen LogP contribution in [0.15, 0.2) is 12.1 Å². The molecule has 5 heteroatoms. The molecule has 0 aliphatic heterocycles. The molecule has 0 spiro atoms. The lowest BCUT2D eigenvalue weighted by Crippen LogP contribution is -2.07. The van der Waals surface area contributed by atoms with Gasteiger partial charge in [0, 0.05) is 6.92 Å². The van der Waals surface area contributed by atoms with Crippen molar-refractivity contribution in [3.8, 4) is 0 Å². The third-order valence-electron chi connectivity index (χ3n) is 1.80. The summed E-state index contributed by atoms with van der Waals surface area (Å²) in [5.74, 6) is -0.580. The van der Waals surface area contributed by atoms with Crippen molar-refractivity contribution in [2.24, 2.45) is 0 Å². The number of pyridine rings is 1. The molecule has 0 radical (unpaired) electrons. The lowest BCUT2D eigenvalue weighted by atomic mass is 10.1. The first-order valence-electron chi connectivity index (χ1n) is 4.24. The number of aromatic nitrogens is 1. The molecule has 0 saturated carbocycles. The number of rotatable bonds is 3.